The van der Waals surface area contributed by atoms with Crippen LogP contribution in [0.5, 0.6) is 0 Å². The average Bonchev–Trinajstić information content (AvgIpc) is 3.50. The zero-order chi connectivity index (χ0) is 21.9. The molecule has 1 atom stereocenters. The topological polar surface area (TPSA) is 104 Å². The molecule has 1 spiro atoms. The molecule has 170 valence electrons. The van der Waals surface area contributed by atoms with Crippen molar-refractivity contribution < 1.29 is 9.32 Å². The van der Waals surface area contributed by atoms with Gasteiger partial charge in [0.05, 0.1) is 46.1 Å². The number of fused-ring (bicyclic) bond motifs is 2. The fraction of sp³-hybridized carbons (Fsp3) is 0.636. The van der Waals surface area contributed by atoms with Crippen molar-refractivity contribution in [3.05, 3.63) is 28.9 Å². The number of aliphatic hydroxyl groups is 1. The lowest BCUT2D eigenvalue weighted by atomic mass is 9.77. The number of nitrogens with one attached hydrogen (secondary N) is 1. The molecule has 2 N–H and O–H groups in total. The number of rotatable bonds is 5. The second kappa shape index (κ2) is 7.60. The highest BCUT2D eigenvalue weighted by atomic mass is 35.5. The van der Waals surface area contributed by atoms with Gasteiger partial charge in [-0.1, -0.05) is 11.6 Å². The lowest BCUT2D eigenvalue weighted by Crippen LogP contribution is -2.48. The molecule has 2 saturated carbocycles. The fourth-order valence-electron chi connectivity index (χ4n) is 5.22. The van der Waals surface area contributed by atoms with Gasteiger partial charge in [-0.3, -0.25) is 4.21 Å². The Bertz CT molecular complexity index is 1060. The molecule has 3 fully saturated rings. The minimum absolute atomic E-state index is 0.0157. The van der Waals surface area contributed by atoms with Crippen molar-refractivity contribution in [1.29, 1.82) is 0 Å². The first-order chi connectivity index (χ1) is 15.5. The number of aromatic nitrogens is 4. The minimum Gasteiger partial charge on any atom is -0.394 e. The van der Waals surface area contributed by atoms with Crippen molar-refractivity contribution in [3.63, 3.8) is 0 Å². The fourth-order valence-corrected chi connectivity index (χ4v) is 7.18. The molecule has 0 unspecified atom stereocenters. The molecule has 2 aliphatic heterocycles. The van der Waals surface area contributed by atoms with Gasteiger partial charge in [-0.2, -0.15) is 0 Å². The molecule has 0 amide bonds. The van der Waals surface area contributed by atoms with Gasteiger partial charge in [0.2, 0.25) is 5.95 Å². The first-order valence-corrected chi connectivity index (χ1v) is 13.1. The maximum atomic E-state index is 13.0. The van der Waals surface area contributed by atoms with Crippen molar-refractivity contribution in [2.45, 2.75) is 66.7 Å². The van der Waals surface area contributed by atoms with Crippen LogP contribution in [-0.2, 0) is 16.2 Å². The van der Waals surface area contributed by atoms with Crippen LogP contribution >= 0.6 is 11.6 Å². The van der Waals surface area contributed by atoms with Crippen molar-refractivity contribution in [1.82, 2.24) is 19.9 Å². The van der Waals surface area contributed by atoms with Crippen molar-refractivity contribution in [2.75, 3.05) is 35.7 Å². The van der Waals surface area contributed by atoms with Gasteiger partial charge in [-0.05, 0) is 44.9 Å². The van der Waals surface area contributed by atoms with Gasteiger partial charge in [-0.25, -0.2) is 19.9 Å². The number of aliphatic hydroxyl groups excluding tert-OH is 1. The van der Waals surface area contributed by atoms with E-state index in [2.05, 4.69) is 20.2 Å². The summed E-state index contributed by atoms with van der Waals surface area (Å²) in [4.78, 5) is 21.6. The van der Waals surface area contributed by atoms with Gasteiger partial charge in [0, 0.05) is 30.2 Å². The van der Waals surface area contributed by atoms with E-state index in [1.807, 2.05) is 0 Å². The first kappa shape index (κ1) is 20.7. The van der Waals surface area contributed by atoms with E-state index in [1.165, 1.54) is 0 Å². The zero-order valence-electron chi connectivity index (χ0n) is 17.9. The molecule has 8 nitrogen and oxygen atoms in total. The average molecular weight is 475 g/mol. The second-order valence-corrected chi connectivity index (χ2v) is 11.6. The maximum Gasteiger partial charge on any atom is 0.225 e. The Kier molecular flexibility index (Phi) is 4.93. The van der Waals surface area contributed by atoms with E-state index >= 15 is 0 Å². The third-order valence-electron chi connectivity index (χ3n) is 7.62. The summed E-state index contributed by atoms with van der Waals surface area (Å²) in [5.74, 6) is 3.14. The van der Waals surface area contributed by atoms with Crippen LogP contribution in [0, 0.1) is 0 Å². The normalized spacial score (nSPS) is 25.4. The summed E-state index contributed by atoms with van der Waals surface area (Å²) >= 11 is 5.92. The van der Waals surface area contributed by atoms with Gasteiger partial charge < -0.3 is 15.3 Å². The van der Waals surface area contributed by atoms with Crippen LogP contribution in [0.15, 0.2) is 17.3 Å². The monoisotopic (exact) mass is 474 g/mol. The number of nitrogens with zero attached hydrogens (tertiary/aromatic N) is 5. The van der Waals surface area contributed by atoms with Crippen LogP contribution in [0.4, 0.5) is 11.8 Å². The van der Waals surface area contributed by atoms with Crippen molar-refractivity contribution >= 4 is 34.2 Å². The number of anilines is 2. The van der Waals surface area contributed by atoms with E-state index < -0.39 is 10.8 Å². The number of halogens is 1. The molecule has 2 aromatic heterocycles. The molecular formula is C22H27ClN6O2S. The Hall–Kier alpha value is -1.84. The Morgan fingerprint density at radius 2 is 1.88 bits per heavy atom. The Morgan fingerprint density at radius 1 is 1.16 bits per heavy atom. The van der Waals surface area contributed by atoms with E-state index in [9.17, 15) is 9.32 Å². The van der Waals surface area contributed by atoms with E-state index in [-0.39, 0.29) is 23.5 Å². The standard InChI is InChI=1S/C22H27ClN6O2S/c23-15-10-24-20(25-11-15)29-8-2-14(3-9-29)18-26-17-16(32(31)13-21(17)6-7-21)19(27-18)28-22(12-30)4-1-5-22/h10-11,14,30H,1-9,12-13H2,(H,26,27,28)/t32-/m0/s1. The SMILES string of the molecule is O=[S@]1CC2(CC2)c2nc(C3CCN(c4ncc(Cl)cn4)CC3)nc(NC3(CO)CCC3)c21. The summed E-state index contributed by atoms with van der Waals surface area (Å²) in [6.07, 6.45) is 10.1. The highest BCUT2D eigenvalue weighted by Crippen LogP contribution is 2.56. The smallest absolute Gasteiger partial charge is 0.225 e. The van der Waals surface area contributed by atoms with Crippen LogP contribution in [0.1, 0.15) is 62.4 Å². The second-order valence-electron chi connectivity index (χ2n) is 9.76. The number of hydrogen-bond acceptors (Lipinski definition) is 8. The van der Waals surface area contributed by atoms with Crippen LogP contribution in [0.2, 0.25) is 5.02 Å². The first-order valence-electron chi connectivity index (χ1n) is 11.4. The molecule has 32 heavy (non-hydrogen) atoms. The molecule has 10 heteroatoms. The highest BCUT2D eigenvalue weighted by Gasteiger charge is 2.55. The summed E-state index contributed by atoms with van der Waals surface area (Å²) in [6, 6.07) is 0. The largest absolute Gasteiger partial charge is 0.394 e. The molecular weight excluding hydrogens is 448 g/mol. The lowest BCUT2D eigenvalue weighted by Gasteiger charge is -2.41. The van der Waals surface area contributed by atoms with Crippen molar-refractivity contribution in [2.24, 2.45) is 0 Å². The molecule has 0 aromatic carbocycles. The molecule has 1 saturated heterocycles. The number of hydrogen-bond donors (Lipinski definition) is 2. The number of piperidine rings is 1. The van der Waals surface area contributed by atoms with Gasteiger partial charge in [-0.15, -0.1) is 0 Å². The summed E-state index contributed by atoms with van der Waals surface area (Å²) < 4.78 is 13.0. The quantitative estimate of drug-likeness (QED) is 0.681. The molecule has 6 rings (SSSR count). The van der Waals surface area contributed by atoms with Gasteiger partial charge in [0.25, 0.3) is 0 Å². The van der Waals surface area contributed by atoms with E-state index in [0.29, 0.717) is 22.5 Å². The maximum absolute atomic E-state index is 13.0. The van der Waals surface area contributed by atoms with Crippen molar-refractivity contribution in [3.8, 4) is 0 Å². The summed E-state index contributed by atoms with van der Waals surface area (Å²) in [5.41, 5.74) is 0.648. The predicted octanol–water partition coefficient (Wildman–Crippen LogP) is 2.78. The van der Waals surface area contributed by atoms with Gasteiger partial charge in [0.1, 0.15) is 16.5 Å². The summed E-state index contributed by atoms with van der Waals surface area (Å²) in [5, 5.41) is 14.0. The highest BCUT2D eigenvalue weighted by molar-refractivity contribution is 7.85. The van der Waals surface area contributed by atoms with Crippen LogP contribution in [-0.4, -0.2) is 60.2 Å². The van der Waals surface area contributed by atoms with Gasteiger partial charge >= 0.3 is 0 Å². The minimum atomic E-state index is -1.08. The molecule has 4 aliphatic rings. The van der Waals surface area contributed by atoms with E-state index in [0.717, 1.165) is 74.4 Å². The van der Waals surface area contributed by atoms with E-state index in [1.54, 1.807) is 12.4 Å². The van der Waals surface area contributed by atoms with Crippen LogP contribution in [0.25, 0.3) is 0 Å². The van der Waals surface area contributed by atoms with Gasteiger partial charge in [0.15, 0.2) is 0 Å². The predicted molar refractivity (Wildman–Crippen MR) is 123 cm³/mol. The third kappa shape index (κ3) is 3.40. The van der Waals surface area contributed by atoms with Crippen LogP contribution < -0.4 is 10.2 Å². The summed E-state index contributed by atoms with van der Waals surface area (Å²) in [6.45, 7) is 1.72. The third-order valence-corrected chi connectivity index (χ3v) is 9.47. The lowest BCUT2D eigenvalue weighted by molar-refractivity contribution is 0.143. The van der Waals surface area contributed by atoms with Crippen LogP contribution in [0.3, 0.4) is 0 Å². The molecule has 2 aromatic rings. The molecule has 0 bridgehead atoms. The molecule has 0 radical (unpaired) electrons. The zero-order valence-corrected chi connectivity index (χ0v) is 19.5. The van der Waals surface area contributed by atoms with E-state index in [4.69, 9.17) is 21.6 Å². The summed E-state index contributed by atoms with van der Waals surface area (Å²) in [7, 11) is -1.08. The molecule has 2 aliphatic carbocycles. The Morgan fingerprint density at radius 3 is 2.47 bits per heavy atom. The Labute approximate surface area is 194 Å². The molecule has 4 heterocycles. The Balaban J connectivity index is 1.29.